The number of hydrogen-bond donors (Lipinski definition) is 1. The maximum Gasteiger partial charge on any atom is 0.258 e. The van der Waals surface area contributed by atoms with E-state index in [0.717, 1.165) is 5.69 Å². The zero-order valence-electron chi connectivity index (χ0n) is 11.2. The molecular weight excluding hydrogens is 310 g/mol. The number of nitrogens with one attached hydrogen (secondary N) is 1. The Balaban J connectivity index is 1.86. The average molecular weight is 322 g/mol. The van der Waals surface area contributed by atoms with Crippen molar-refractivity contribution in [2.75, 3.05) is 12.4 Å². The number of rotatable bonds is 4. The predicted octanol–water partition coefficient (Wildman–Crippen LogP) is 3.03. The summed E-state index contributed by atoms with van der Waals surface area (Å²) in [4.78, 5) is 17.0. The van der Waals surface area contributed by atoms with Gasteiger partial charge < -0.3 is 10.1 Å². The second-order valence-electron chi connectivity index (χ2n) is 4.34. The average Bonchev–Trinajstić information content (AvgIpc) is 2.94. The first-order chi connectivity index (χ1) is 10.2. The molecule has 3 aromatic rings. The first-order valence-electron chi connectivity index (χ1n) is 6.20. The highest BCUT2D eigenvalue weighted by molar-refractivity contribution is 7.15. The van der Waals surface area contributed by atoms with Crippen LogP contribution in [0.15, 0.2) is 40.6 Å². The number of thiazole rings is 1. The smallest absolute Gasteiger partial charge is 0.258 e. The van der Waals surface area contributed by atoms with Crippen LogP contribution in [0.1, 0.15) is 5.69 Å². The third kappa shape index (κ3) is 2.86. The molecule has 2 heterocycles. The van der Waals surface area contributed by atoms with Gasteiger partial charge in [0.05, 0.1) is 25.0 Å². The van der Waals surface area contributed by atoms with Crippen molar-refractivity contribution in [1.82, 2.24) is 9.38 Å². The Morgan fingerprint density at radius 3 is 3.10 bits per heavy atom. The first kappa shape index (κ1) is 13.9. The van der Waals surface area contributed by atoms with E-state index >= 15 is 0 Å². The Hall–Kier alpha value is -2.05. The summed E-state index contributed by atoms with van der Waals surface area (Å²) in [5.41, 5.74) is 1.35. The van der Waals surface area contributed by atoms with E-state index in [1.54, 1.807) is 31.5 Å². The molecule has 0 radical (unpaired) electrons. The van der Waals surface area contributed by atoms with Gasteiger partial charge in [-0.15, -0.1) is 11.3 Å². The number of ether oxygens (including phenoxy) is 1. The van der Waals surface area contributed by atoms with Gasteiger partial charge in [-0.2, -0.15) is 0 Å². The summed E-state index contributed by atoms with van der Waals surface area (Å²) in [5.74, 6) is 0.688. The predicted molar refractivity (Wildman–Crippen MR) is 84.7 cm³/mol. The van der Waals surface area contributed by atoms with Crippen molar-refractivity contribution in [3.05, 3.63) is 56.9 Å². The number of benzene rings is 1. The fourth-order valence-corrected chi connectivity index (χ4v) is 2.89. The van der Waals surface area contributed by atoms with Crippen molar-refractivity contribution in [2.24, 2.45) is 0 Å². The molecule has 0 aliphatic carbocycles. The molecule has 7 heteroatoms. The summed E-state index contributed by atoms with van der Waals surface area (Å²) >= 11 is 7.41. The highest BCUT2D eigenvalue weighted by Gasteiger charge is 2.06. The van der Waals surface area contributed by atoms with E-state index in [-0.39, 0.29) is 5.56 Å². The van der Waals surface area contributed by atoms with E-state index in [1.165, 1.54) is 21.8 Å². The first-order valence-corrected chi connectivity index (χ1v) is 7.46. The summed E-state index contributed by atoms with van der Waals surface area (Å²) in [6.07, 6.45) is 1.71. The summed E-state index contributed by atoms with van der Waals surface area (Å²) in [6.45, 7) is 0.417. The molecule has 0 aliphatic rings. The Morgan fingerprint density at radius 2 is 2.29 bits per heavy atom. The van der Waals surface area contributed by atoms with Gasteiger partial charge in [0, 0.05) is 22.7 Å². The topological polar surface area (TPSA) is 55.6 Å². The van der Waals surface area contributed by atoms with Gasteiger partial charge in [0.2, 0.25) is 0 Å². The molecule has 108 valence electrons. The Kier molecular flexibility index (Phi) is 3.81. The Morgan fingerprint density at radius 1 is 1.43 bits per heavy atom. The number of anilines is 1. The van der Waals surface area contributed by atoms with Crippen molar-refractivity contribution in [2.45, 2.75) is 6.54 Å². The molecule has 0 fully saturated rings. The van der Waals surface area contributed by atoms with Crippen molar-refractivity contribution in [3.8, 4) is 5.75 Å². The number of methoxy groups -OCH3 is 1. The SMILES string of the molecule is COc1ccc(Cl)cc1NCc1cc(=O)n2ccsc2n1. The van der Waals surface area contributed by atoms with E-state index < -0.39 is 0 Å². The van der Waals surface area contributed by atoms with Crippen LogP contribution in [0, 0.1) is 0 Å². The standard InChI is InChI=1S/C14H12ClN3O2S/c1-20-12-3-2-9(15)6-11(12)16-8-10-7-13(19)18-4-5-21-14(18)17-10/h2-7,16H,8H2,1H3. The number of hydrogen-bond acceptors (Lipinski definition) is 5. The molecule has 1 N–H and O–H groups in total. The molecule has 0 saturated carbocycles. The largest absolute Gasteiger partial charge is 0.495 e. The zero-order chi connectivity index (χ0) is 14.8. The van der Waals surface area contributed by atoms with E-state index in [4.69, 9.17) is 16.3 Å². The summed E-state index contributed by atoms with van der Waals surface area (Å²) in [7, 11) is 1.59. The second-order valence-corrected chi connectivity index (χ2v) is 5.65. The fraction of sp³-hybridized carbons (Fsp3) is 0.143. The van der Waals surface area contributed by atoms with Gasteiger partial charge in [0.1, 0.15) is 5.75 Å². The van der Waals surface area contributed by atoms with Crippen LogP contribution in [-0.2, 0) is 6.54 Å². The van der Waals surface area contributed by atoms with Gasteiger partial charge in [0.25, 0.3) is 5.56 Å². The van der Waals surface area contributed by atoms with E-state index in [0.29, 0.717) is 28.0 Å². The quantitative estimate of drug-likeness (QED) is 0.802. The van der Waals surface area contributed by atoms with Crippen LogP contribution in [-0.4, -0.2) is 16.5 Å². The molecule has 0 aliphatic heterocycles. The zero-order valence-corrected chi connectivity index (χ0v) is 12.7. The minimum atomic E-state index is -0.0869. The Bertz CT molecular complexity index is 844. The van der Waals surface area contributed by atoms with Gasteiger partial charge in [-0.1, -0.05) is 11.6 Å². The summed E-state index contributed by atoms with van der Waals surface area (Å²) in [6, 6.07) is 6.84. The number of aromatic nitrogens is 2. The van der Waals surface area contributed by atoms with E-state index in [9.17, 15) is 4.79 Å². The van der Waals surface area contributed by atoms with Crippen molar-refractivity contribution in [1.29, 1.82) is 0 Å². The lowest BCUT2D eigenvalue weighted by atomic mass is 10.3. The lowest BCUT2D eigenvalue weighted by molar-refractivity contribution is 0.416. The molecule has 2 aromatic heterocycles. The van der Waals surface area contributed by atoms with Gasteiger partial charge in [-0.3, -0.25) is 9.20 Å². The third-order valence-corrected chi connectivity index (χ3v) is 3.97. The molecule has 0 unspecified atom stereocenters. The van der Waals surface area contributed by atoms with Crippen molar-refractivity contribution in [3.63, 3.8) is 0 Å². The molecule has 5 nitrogen and oxygen atoms in total. The maximum absolute atomic E-state index is 11.9. The summed E-state index contributed by atoms with van der Waals surface area (Å²) in [5, 5.41) is 5.64. The van der Waals surface area contributed by atoms with Gasteiger partial charge >= 0.3 is 0 Å². The van der Waals surface area contributed by atoms with Crippen LogP contribution in [0.5, 0.6) is 5.75 Å². The normalized spacial score (nSPS) is 10.8. The van der Waals surface area contributed by atoms with Gasteiger partial charge in [0.15, 0.2) is 4.96 Å². The van der Waals surface area contributed by atoms with E-state index in [2.05, 4.69) is 10.3 Å². The highest BCUT2D eigenvalue weighted by Crippen LogP contribution is 2.27. The molecule has 0 amide bonds. The lowest BCUT2D eigenvalue weighted by Crippen LogP contribution is -2.14. The molecule has 3 rings (SSSR count). The van der Waals surface area contributed by atoms with Crippen LogP contribution in [0.2, 0.25) is 5.02 Å². The molecular formula is C14H12ClN3O2S. The lowest BCUT2D eigenvalue weighted by Gasteiger charge is -2.11. The summed E-state index contributed by atoms with van der Waals surface area (Å²) < 4.78 is 6.79. The van der Waals surface area contributed by atoms with Crippen LogP contribution in [0.3, 0.4) is 0 Å². The van der Waals surface area contributed by atoms with Crippen LogP contribution < -0.4 is 15.6 Å². The molecule has 21 heavy (non-hydrogen) atoms. The van der Waals surface area contributed by atoms with E-state index in [1.807, 2.05) is 5.38 Å². The number of nitrogens with zero attached hydrogens (tertiary/aromatic N) is 2. The molecule has 0 bridgehead atoms. The minimum Gasteiger partial charge on any atom is -0.495 e. The molecule has 0 spiro atoms. The Labute approximate surface area is 129 Å². The monoisotopic (exact) mass is 321 g/mol. The van der Waals surface area contributed by atoms with Crippen LogP contribution in [0.25, 0.3) is 4.96 Å². The van der Waals surface area contributed by atoms with Crippen LogP contribution in [0.4, 0.5) is 5.69 Å². The fourth-order valence-electron chi connectivity index (χ4n) is 1.98. The molecule has 0 saturated heterocycles. The van der Waals surface area contributed by atoms with Crippen LogP contribution >= 0.6 is 22.9 Å². The maximum atomic E-state index is 11.9. The van der Waals surface area contributed by atoms with Crippen molar-refractivity contribution < 1.29 is 4.74 Å². The molecule has 0 atom stereocenters. The minimum absolute atomic E-state index is 0.0869. The molecule has 1 aromatic carbocycles. The van der Waals surface area contributed by atoms with Gasteiger partial charge in [-0.05, 0) is 18.2 Å². The van der Waals surface area contributed by atoms with Gasteiger partial charge in [-0.25, -0.2) is 4.98 Å². The van der Waals surface area contributed by atoms with Crippen molar-refractivity contribution >= 4 is 33.6 Å². The second kappa shape index (κ2) is 5.75. The number of halogens is 1. The highest BCUT2D eigenvalue weighted by atomic mass is 35.5. The number of fused-ring (bicyclic) bond motifs is 1. The third-order valence-electron chi connectivity index (χ3n) is 2.98.